The summed E-state index contributed by atoms with van der Waals surface area (Å²) in [5, 5.41) is 11.4. The second kappa shape index (κ2) is 6.49. The SMILES string of the molecule is O=C1[C@@H]2C3c4ccccc4C(Br)(c4ccccc43)[C@H]2C(=O)N1c1cc([N+](=O)[O-])ccc1Cl. The molecule has 2 amide bonds. The van der Waals surface area contributed by atoms with Gasteiger partial charge in [-0.25, -0.2) is 4.90 Å². The summed E-state index contributed by atoms with van der Waals surface area (Å²) < 4.78 is -0.881. The Morgan fingerprint density at radius 1 is 0.938 bits per heavy atom. The molecule has 8 heteroatoms. The zero-order valence-electron chi connectivity index (χ0n) is 16.4. The predicted molar refractivity (Wildman–Crippen MR) is 122 cm³/mol. The van der Waals surface area contributed by atoms with Gasteiger partial charge in [-0.1, -0.05) is 76.1 Å². The lowest BCUT2D eigenvalue weighted by atomic mass is 9.55. The molecule has 2 atom stereocenters. The van der Waals surface area contributed by atoms with Crippen molar-refractivity contribution in [2.24, 2.45) is 11.8 Å². The molecule has 3 aromatic carbocycles. The summed E-state index contributed by atoms with van der Waals surface area (Å²) in [7, 11) is 0. The van der Waals surface area contributed by atoms with Gasteiger partial charge in [0.25, 0.3) is 5.69 Å². The first kappa shape index (κ1) is 19.6. The minimum Gasteiger partial charge on any atom is -0.274 e. The van der Waals surface area contributed by atoms with Crippen molar-refractivity contribution in [1.82, 2.24) is 0 Å². The molecule has 1 saturated heterocycles. The number of halogens is 2. The second-order valence-electron chi connectivity index (χ2n) is 8.27. The molecule has 3 aromatic rings. The molecule has 0 unspecified atom stereocenters. The van der Waals surface area contributed by atoms with Crippen molar-refractivity contribution >= 4 is 50.7 Å². The fourth-order valence-corrected chi connectivity index (χ4v) is 7.11. The maximum absolute atomic E-state index is 13.8. The summed E-state index contributed by atoms with van der Waals surface area (Å²) in [4.78, 5) is 39.4. The molecule has 0 saturated carbocycles. The number of hydrogen-bond acceptors (Lipinski definition) is 4. The first-order valence-electron chi connectivity index (χ1n) is 10.0. The van der Waals surface area contributed by atoms with Gasteiger partial charge in [0.1, 0.15) is 0 Å². The average Bonchev–Trinajstić information content (AvgIpc) is 3.06. The summed E-state index contributed by atoms with van der Waals surface area (Å²) >= 11 is 10.3. The molecule has 158 valence electrons. The first-order chi connectivity index (χ1) is 15.4. The third-order valence-corrected chi connectivity index (χ3v) is 8.56. The predicted octanol–water partition coefficient (Wildman–Crippen LogP) is 5.15. The van der Waals surface area contributed by atoms with Gasteiger partial charge < -0.3 is 0 Å². The van der Waals surface area contributed by atoms with Crippen LogP contribution in [-0.4, -0.2) is 16.7 Å². The lowest BCUT2D eigenvalue weighted by molar-refractivity contribution is -0.384. The second-order valence-corrected chi connectivity index (χ2v) is 9.93. The Labute approximate surface area is 196 Å². The van der Waals surface area contributed by atoms with E-state index in [9.17, 15) is 19.7 Å². The number of anilines is 1. The Hall–Kier alpha value is -3.03. The van der Waals surface area contributed by atoms with Crippen LogP contribution >= 0.6 is 27.5 Å². The van der Waals surface area contributed by atoms with Crippen molar-refractivity contribution in [2.45, 2.75) is 10.2 Å². The average molecular weight is 510 g/mol. The fraction of sp³-hybridized carbons (Fsp3) is 0.167. The number of alkyl halides is 1. The molecule has 7 rings (SSSR count). The largest absolute Gasteiger partial charge is 0.274 e. The van der Waals surface area contributed by atoms with E-state index < -0.39 is 27.0 Å². The van der Waals surface area contributed by atoms with Gasteiger partial charge in [0.05, 0.1) is 31.8 Å². The number of imide groups is 1. The number of carbonyl (C=O) groups is 2. The van der Waals surface area contributed by atoms with E-state index in [4.69, 9.17) is 11.6 Å². The van der Waals surface area contributed by atoms with E-state index in [0.29, 0.717) is 0 Å². The summed E-state index contributed by atoms with van der Waals surface area (Å²) in [6.07, 6.45) is 0. The minimum atomic E-state index is -0.881. The normalized spacial score (nSPS) is 27.2. The van der Waals surface area contributed by atoms with Gasteiger partial charge in [-0.15, -0.1) is 0 Å². The highest BCUT2D eigenvalue weighted by Crippen LogP contribution is 2.66. The molecular formula is C24H14BrClN2O4. The van der Waals surface area contributed by atoms with E-state index in [-0.39, 0.29) is 28.2 Å². The Balaban J connectivity index is 1.60. The molecule has 0 aromatic heterocycles. The third kappa shape index (κ3) is 2.25. The van der Waals surface area contributed by atoms with Crippen LogP contribution in [0, 0.1) is 22.0 Å². The van der Waals surface area contributed by atoms with Crippen LogP contribution in [0.15, 0.2) is 66.7 Å². The molecule has 0 N–H and O–H groups in total. The highest BCUT2D eigenvalue weighted by Gasteiger charge is 2.67. The van der Waals surface area contributed by atoms with Crippen molar-refractivity contribution in [3.63, 3.8) is 0 Å². The molecule has 1 aliphatic heterocycles. The number of non-ortho nitro benzene ring substituents is 1. The Bertz CT molecular complexity index is 1330. The Morgan fingerprint density at radius 2 is 1.53 bits per heavy atom. The van der Waals surface area contributed by atoms with Crippen molar-refractivity contribution in [1.29, 1.82) is 0 Å². The highest BCUT2D eigenvalue weighted by molar-refractivity contribution is 9.09. The van der Waals surface area contributed by atoms with E-state index in [1.807, 2.05) is 48.5 Å². The van der Waals surface area contributed by atoms with Gasteiger partial charge in [0.2, 0.25) is 11.8 Å². The fourth-order valence-electron chi connectivity index (χ4n) is 5.70. The van der Waals surface area contributed by atoms with E-state index in [0.717, 1.165) is 27.2 Å². The van der Waals surface area contributed by atoms with Crippen molar-refractivity contribution < 1.29 is 14.5 Å². The van der Waals surface area contributed by atoms with Crippen LogP contribution < -0.4 is 4.90 Å². The van der Waals surface area contributed by atoms with Gasteiger partial charge >= 0.3 is 0 Å². The molecule has 32 heavy (non-hydrogen) atoms. The summed E-state index contributed by atoms with van der Waals surface area (Å²) in [6.45, 7) is 0. The van der Waals surface area contributed by atoms with Gasteiger partial charge in [-0.05, 0) is 28.3 Å². The van der Waals surface area contributed by atoms with Crippen LogP contribution in [-0.2, 0) is 13.9 Å². The molecule has 0 spiro atoms. The summed E-state index contributed by atoms with van der Waals surface area (Å²) in [5.74, 6) is -2.42. The number of carbonyl (C=O) groups excluding carboxylic acids is 2. The van der Waals surface area contributed by atoms with Gasteiger partial charge in [-0.3, -0.25) is 19.7 Å². The lowest BCUT2D eigenvalue weighted by Gasteiger charge is -2.51. The van der Waals surface area contributed by atoms with Crippen molar-refractivity contribution in [2.75, 3.05) is 4.90 Å². The number of hydrogen-bond donors (Lipinski definition) is 0. The quantitative estimate of drug-likeness (QED) is 0.207. The Morgan fingerprint density at radius 3 is 2.12 bits per heavy atom. The molecule has 0 radical (unpaired) electrons. The molecule has 6 nitrogen and oxygen atoms in total. The maximum atomic E-state index is 13.8. The van der Waals surface area contributed by atoms with E-state index in [1.165, 1.54) is 18.2 Å². The van der Waals surface area contributed by atoms with Crippen molar-refractivity contribution in [3.8, 4) is 0 Å². The third-order valence-electron chi connectivity index (χ3n) is 6.90. The maximum Gasteiger partial charge on any atom is 0.271 e. The summed E-state index contributed by atoms with van der Waals surface area (Å²) in [5.41, 5.74) is 3.78. The van der Waals surface area contributed by atoms with Crippen LogP contribution in [0.4, 0.5) is 11.4 Å². The topological polar surface area (TPSA) is 80.5 Å². The summed E-state index contributed by atoms with van der Waals surface area (Å²) in [6, 6.07) is 19.5. The molecule has 1 heterocycles. The van der Waals surface area contributed by atoms with Crippen LogP contribution in [0.5, 0.6) is 0 Å². The van der Waals surface area contributed by atoms with E-state index in [1.54, 1.807) is 0 Å². The number of nitrogens with zero attached hydrogens (tertiary/aromatic N) is 2. The van der Waals surface area contributed by atoms with Crippen LogP contribution in [0.3, 0.4) is 0 Å². The van der Waals surface area contributed by atoms with Crippen LogP contribution in [0.1, 0.15) is 28.2 Å². The zero-order valence-corrected chi connectivity index (χ0v) is 18.7. The molecule has 1 fully saturated rings. The number of amides is 2. The molecule has 2 bridgehead atoms. The van der Waals surface area contributed by atoms with Gasteiger partial charge in [-0.2, -0.15) is 0 Å². The molecule has 3 aliphatic carbocycles. The smallest absolute Gasteiger partial charge is 0.271 e. The van der Waals surface area contributed by atoms with Crippen LogP contribution in [0.2, 0.25) is 5.02 Å². The molecule has 4 aliphatic rings. The zero-order chi connectivity index (χ0) is 22.4. The van der Waals surface area contributed by atoms with Gasteiger partial charge in [0, 0.05) is 18.1 Å². The van der Waals surface area contributed by atoms with E-state index >= 15 is 0 Å². The molecular weight excluding hydrogens is 496 g/mol. The standard InChI is InChI=1S/C24H14BrClN2O4/c25-24-15-7-3-1-5-13(15)19(14-6-2-4-8-16(14)24)20-21(24)23(30)27(22(20)29)18-11-12(28(31)32)9-10-17(18)26/h1-11,19-21H/t19?,20-,21-,24?/m1/s1. The number of benzene rings is 3. The minimum absolute atomic E-state index is 0.0499. The highest BCUT2D eigenvalue weighted by atomic mass is 79.9. The number of nitro groups is 1. The first-order valence-corrected chi connectivity index (χ1v) is 11.2. The van der Waals surface area contributed by atoms with Gasteiger partial charge in [0.15, 0.2) is 0 Å². The van der Waals surface area contributed by atoms with E-state index in [2.05, 4.69) is 15.9 Å². The number of nitro benzene ring substituents is 1. The lowest BCUT2D eigenvalue weighted by Crippen LogP contribution is -2.50. The van der Waals surface area contributed by atoms with Crippen LogP contribution in [0.25, 0.3) is 0 Å². The number of rotatable bonds is 2. The monoisotopic (exact) mass is 508 g/mol. The van der Waals surface area contributed by atoms with Crippen molar-refractivity contribution in [3.05, 3.63) is 104 Å². The Kier molecular flexibility index (Phi) is 3.99.